The zero-order valence-corrected chi connectivity index (χ0v) is 13.5. The molecule has 1 aliphatic rings. The van der Waals surface area contributed by atoms with E-state index in [0.29, 0.717) is 6.54 Å². The number of halogens is 1. The van der Waals surface area contributed by atoms with E-state index in [1.807, 2.05) is 37.3 Å². The number of hydrogen-bond donors (Lipinski definition) is 3. The summed E-state index contributed by atoms with van der Waals surface area (Å²) in [7, 11) is 0. The highest BCUT2D eigenvalue weighted by Crippen LogP contribution is 2.37. The van der Waals surface area contributed by atoms with Gasteiger partial charge in [-0.1, -0.05) is 30.3 Å². The number of aliphatic hydroxyl groups is 2. The highest BCUT2D eigenvalue weighted by molar-refractivity contribution is 5.76. The van der Waals surface area contributed by atoms with Crippen LogP contribution in [0.5, 0.6) is 0 Å². The Balaban J connectivity index is 2.27. The topological polar surface area (TPSA) is 72.8 Å². The van der Waals surface area contributed by atoms with Crippen molar-refractivity contribution in [3.8, 4) is 0 Å². The lowest BCUT2D eigenvalue weighted by Gasteiger charge is -2.35. The van der Waals surface area contributed by atoms with Gasteiger partial charge < -0.3 is 15.5 Å². The fourth-order valence-corrected chi connectivity index (χ4v) is 3.38. The summed E-state index contributed by atoms with van der Waals surface area (Å²) in [5, 5.41) is 22.4. The molecule has 1 unspecified atom stereocenters. The van der Waals surface area contributed by atoms with Crippen LogP contribution in [-0.2, 0) is 4.79 Å². The van der Waals surface area contributed by atoms with E-state index in [9.17, 15) is 19.4 Å². The van der Waals surface area contributed by atoms with Gasteiger partial charge in [0.05, 0.1) is 18.7 Å². The molecule has 0 saturated carbocycles. The largest absolute Gasteiger partial charge is 0.395 e. The maximum atomic E-state index is 14.6. The lowest BCUT2D eigenvalue weighted by molar-refractivity contribution is -0.122. The van der Waals surface area contributed by atoms with E-state index in [2.05, 4.69) is 5.32 Å². The van der Waals surface area contributed by atoms with Crippen LogP contribution in [0.2, 0.25) is 0 Å². The van der Waals surface area contributed by atoms with Gasteiger partial charge in [-0.05, 0) is 19.4 Å². The van der Waals surface area contributed by atoms with Crippen molar-refractivity contribution in [2.75, 3.05) is 13.2 Å². The zero-order chi connectivity index (χ0) is 17.0. The van der Waals surface area contributed by atoms with Crippen LogP contribution in [0, 0.1) is 0 Å². The van der Waals surface area contributed by atoms with E-state index >= 15 is 0 Å². The summed E-state index contributed by atoms with van der Waals surface area (Å²) in [6, 6.07) is 7.80. The minimum Gasteiger partial charge on any atom is -0.395 e. The molecule has 6 heteroatoms. The van der Waals surface area contributed by atoms with E-state index in [0.717, 1.165) is 5.56 Å². The SMILES string of the molecule is CCNC(=O)C[C@@H]1[C@H](F)[C@H](O)[C@@H](CO)N1C(C)c1ccccc1. The third-order valence-corrected chi connectivity index (χ3v) is 4.54. The highest BCUT2D eigenvalue weighted by Gasteiger charge is 2.50. The molecule has 23 heavy (non-hydrogen) atoms. The Bertz CT molecular complexity index is 514. The van der Waals surface area contributed by atoms with Gasteiger partial charge in [0.2, 0.25) is 5.91 Å². The number of likely N-dealkylation sites (tertiary alicyclic amines) is 1. The Hall–Kier alpha value is -1.50. The fraction of sp³-hybridized carbons (Fsp3) is 0.588. The van der Waals surface area contributed by atoms with Crippen molar-refractivity contribution in [2.45, 2.75) is 50.7 Å². The Kier molecular flexibility index (Phi) is 6.10. The summed E-state index contributed by atoms with van der Waals surface area (Å²) >= 11 is 0. The summed E-state index contributed by atoms with van der Waals surface area (Å²) < 4.78 is 14.6. The molecule has 0 radical (unpaired) electrons. The number of nitrogens with zero attached hydrogens (tertiary/aromatic N) is 1. The van der Waals surface area contributed by atoms with Crippen LogP contribution in [0.15, 0.2) is 30.3 Å². The molecule has 1 aliphatic heterocycles. The van der Waals surface area contributed by atoms with Crippen molar-refractivity contribution in [1.82, 2.24) is 10.2 Å². The number of amides is 1. The van der Waals surface area contributed by atoms with E-state index in [1.54, 1.807) is 11.8 Å². The van der Waals surface area contributed by atoms with Crippen molar-refractivity contribution < 1.29 is 19.4 Å². The summed E-state index contributed by atoms with van der Waals surface area (Å²) in [4.78, 5) is 13.6. The molecule has 1 aromatic rings. The number of carbonyl (C=O) groups excluding carboxylic acids is 1. The second kappa shape index (κ2) is 7.86. The van der Waals surface area contributed by atoms with E-state index in [4.69, 9.17) is 0 Å². The number of alkyl halides is 1. The van der Waals surface area contributed by atoms with Gasteiger partial charge in [-0.2, -0.15) is 0 Å². The number of rotatable bonds is 6. The van der Waals surface area contributed by atoms with E-state index < -0.39 is 24.4 Å². The molecule has 1 heterocycles. The molecule has 1 aromatic carbocycles. The lowest BCUT2D eigenvalue weighted by atomic mass is 10.0. The van der Waals surface area contributed by atoms with Crippen molar-refractivity contribution in [3.05, 3.63) is 35.9 Å². The van der Waals surface area contributed by atoms with Crippen LogP contribution in [0.3, 0.4) is 0 Å². The maximum absolute atomic E-state index is 14.6. The van der Waals surface area contributed by atoms with Gasteiger partial charge >= 0.3 is 0 Å². The molecule has 128 valence electrons. The first-order chi connectivity index (χ1) is 11.0. The Morgan fingerprint density at radius 1 is 1.35 bits per heavy atom. The van der Waals surface area contributed by atoms with Crippen LogP contribution in [0.1, 0.15) is 31.9 Å². The van der Waals surface area contributed by atoms with Crippen LogP contribution < -0.4 is 5.32 Å². The van der Waals surface area contributed by atoms with Crippen LogP contribution >= 0.6 is 0 Å². The van der Waals surface area contributed by atoms with E-state index in [1.165, 1.54) is 0 Å². The average Bonchev–Trinajstić information content (AvgIpc) is 2.79. The van der Waals surface area contributed by atoms with Gasteiger partial charge in [0.15, 0.2) is 0 Å². The Morgan fingerprint density at radius 3 is 2.57 bits per heavy atom. The summed E-state index contributed by atoms with van der Waals surface area (Å²) in [5.41, 5.74) is 0.952. The summed E-state index contributed by atoms with van der Waals surface area (Å²) in [6.07, 6.45) is -2.91. The van der Waals surface area contributed by atoms with Crippen molar-refractivity contribution in [1.29, 1.82) is 0 Å². The highest BCUT2D eigenvalue weighted by atomic mass is 19.1. The molecule has 0 aromatic heterocycles. The fourth-order valence-electron chi connectivity index (χ4n) is 3.38. The number of aliphatic hydroxyl groups excluding tert-OH is 2. The molecule has 1 fully saturated rings. The minimum absolute atomic E-state index is 0.0419. The van der Waals surface area contributed by atoms with Crippen molar-refractivity contribution in [3.63, 3.8) is 0 Å². The van der Waals surface area contributed by atoms with Crippen LogP contribution in [0.4, 0.5) is 4.39 Å². The number of nitrogens with one attached hydrogen (secondary N) is 1. The number of benzene rings is 1. The number of hydrogen-bond acceptors (Lipinski definition) is 4. The van der Waals surface area contributed by atoms with Gasteiger partial charge in [-0.25, -0.2) is 4.39 Å². The smallest absolute Gasteiger partial charge is 0.221 e. The van der Waals surface area contributed by atoms with Gasteiger partial charge in [-0.3, -0.25) is 9.69 Å². The van der Waals surface area contributed by atoms with Gasteiger partial charge in [0.1, 0.15) is 12.3 Å². The monoisotopic (exact) mass is 324 g/mol. The molecular formula is C17H25FN2O3. The third kappa shape index (κ3) is 3.71. The number of carbonyl (C=O) groups is 1. The zero-order valence-electron chi connectivity index (χ0n) is 13.5. The van der Waals surface area contributed by atoms with Crippen LogP contribution in [0.25, 0.3) is 0 Å². The minimum atomic E-state index is -1.57. The molecule has 0 bridgehead atoms. The second-order valence-electron chi connectivity index (χ2n) is 5.94. The first kappa shape index (κ1) is 17.8. The van der Waals surface area contributed by atoms with Gasteiger partial charge in [0, 0.05) is 19.0 Å². The van der Waals surface area contributed by atoms with Gasteiger partial charge in [-0.15, -0.1) is 0 Å². The predicted octanol–water partition coefficient (Wildman–Crippen LogP) is 1.02. The molecule has 1 saturated heterocycles. The molecule has 3 N–H and O–H groups in total. The molecule has 1 amide bonds. The second-order valence-corrected chi connectivity index (χ2v) is 5.94. The average molecular weight is 324 g/mol. The first-order valence-corrected chi connectivity index (χ1v) is 8.03. The molecule has 0 spiro atoms. The molecule has 5 atom stereocenters. The molecule has 0 aliphatic carbocycles. The Labute approximate surface area is 136 Å². The summed E-state index contributed by atoms with van der Waals surface area (Å²) in [5.74, 6) is -0.254. The Morgan fingerprint density at radius 2 is 2.00 bits per heavy atom. The maximum Gasteiger partial charge on any atom is 0.221 e. The van der Waals surface area contributed by atoms with E-state index in [-0.39, 0.29) is 25.0 Å². The predicted molar refractivity (Wildman–Crippen MR) is 85.6 cm³/mol. The van der Waals surface area contributed by atoms with Crippen LogP contribution in [-0.4, -0.2) is 58.5 Å². The first-order valence-electron chi connectivity index (χ1n) is 8.03. The summed E-state index contributed by atoms with van der Waals surface area (Å²) in [6.45, 7) is 3.82. The molecular weight excluding hydrogens is 299 g/mol. The lowest BCUT2D eigenvalue weighted by Crippen LogP contribution is -2.44. The standard InChI is InChI=1S/C17H25FN2O3/c1-3-19-15(22)9-13-16(18)17(23)14(10-21)20(13)11(2)12-7-5-4-6-8-12/h4-8,11,13-14,16-17,21,23H,3,9-10H2,1-2H3,(H,19,22)/t11?,13-,14-,16+,17-/m1/s1. The quantitative estimate of drug-likeness (QED) is 0.730. The normalized spacial score (nSPS) is 29.4. The molecule has 5 nitrogen and oxygen atoms in total. The van der Waals surface area contributed by atoms with Crippen molar-refractivity contribution in [2.24, 2.45) is 0 Å². The van der Waals surface area contributed by atoms with Crippen molar-refractivity contribution >= 4 is 5.91 Å². The van der Waals surface area contributed by atoms with Gasteiger partial charge in [0.25, 0.3) is 0 Å². The molecule has 2 rings (SSSR count). The third-order valence-electron chi connectivity index (χ3n) is 4.54.